The van der Waals surface area contributed by atoms with E-state index < -0.39 is 11.9 Å². The van der Waals surface area contributed by atoms with Gasteiger partial charge in [-0.15, -0.1) is 0 Å². The van der Waals surface area contributed by atoms with E-state index in [2.05, 4.69) is 9.97 Å². The van der Waals surface area contributed by atoms with Crippen molar-refractivity contribution < 1.29 is 9.53 Å². The summed E-state index contributed by atoms with van der Waals surface area (Å²) in [6.45, 7) is 1.28. The van der Waals surface area contributed by atoms with Gasteiger partial charge in [-0.3, -0.25) is 4.79 Å². The number of rotatable bonds is 2. The smallest absolute Gasteiger partial charge is 0.242 e. The van der Waals surface area contributed by atoms with Crippen LogP contribution in [-0.2, 0) is 9.53 Å². The summed E-state index contributed by atoms with van der Waals surface area (Å²) in [6, 6.07) is -0.552. The highest BCUT2D eigenvalue weighted by atomic mass is 16.5. The second-order valence-electron chi connectivity index (χ2n) is 4.33. The number of nitrogens with two attached hydrogens (primary N) is 2. The molecule has 8 heteroatoms. The number of nitrogens with zero attached hydrogens (tertiary/aromatic N) is 4. The molecular weight excluding hydrogens is 248 g/mol. The Morgan fingerprint density at radius 1 is 1.53 bits per heavy atom. The number of primary amides is 1. The first kappa shape index (κ1) is 11.7. The van der Waals surface area contributed by atoms with Gasteiger partial charge in [-0.05, 0) is 0 Å². The average Bonchev–Trinajstić information content (AvgIpc) is 2.85. The van der Waals surface area contributed by atoms with E-state index >= 15 is 0 Å². The van der Waals surface area contributed by atoms with E-state index in [1.165, 1.54) is 0 Å². The summed E-state index contributed by atoms with van der Waals surface area (Å²) in [5.74, 6) is 0.459. The molecule has 0 aromatic carbocycles. The van der Waals surface area contributed by atoms with Gasteiger partial charge in [0.2, 0.25) is 5.91 Å². The number of hydrogen-bond donors (Lipinski definition) is 2. The minimum absolute atomic E-state index is 0.249. The van der Waals surface area contributed by atoms with Gasteiger partial charge in [-0.1, -0.05) is 0 Å². The third-order valence-corrected chi connectivity index (χ3v) is 3.10. The second kappa shape index (κ2) is 4.39. The van der Waals surface area contributed by atoms with E-state index in [4.69, 9.17) is 16.2 Å². The Morgan fingerprint density at radius 3 is 3.16 bits per heavy atom. The summed E-state index contributed by atoms with van der Waals surface area (Å²) in [5.41, 5.74) is 11.8. The van der Waals surface area contributed by atoms with Crippen molar-refractivity contribution in [2.45, 2.75) is 6.04 Å². The summed E-state index contributed by atoms with van der Waals surface area (Å²) in [7, 11) is 0. The van der Waals surface area contributed by atoms with Gasteiger partial charge in [0.25, 0.3) is 0 Å². The van der Waals surface area contributed by atoms with Crippen molar-refractivity contribution in [3.8, 4) is 0 Å². The van der Waals surface area contributed by atoms with Crippen molar-refractivity contribution in [2.75, 3.05) is 30.4 Å². The van der Waals surface area contributed by atoms with Crippen LogP contribution in [0.25, 0.3) is 5.65 Å². The number of hydrogen-bond acceptors (Lipinski definition) is 6. The molecule has 1 aliphatic rings. The Morgan fingerprint density at radius 2 is 2.37 bits per heavy atom. The normalized spacial score (nSPS) is 19.8. The molecule has 8 nitrogen and oxygen atoms in total. The quantitative estimate of drug-likeness (QED) is 0.718. The van der Waals surface area contributed by atoms with Crippen LogP contribution in [0.4, 0.5) is 11.6 Å². The molecule has 2 aromatic rings. The minimum Gasteiger partial charge on any atom is -0.382 e. The molecule has 3 rings (SSSR count). The second-order valence-corrected chi connectivity index (χ2v) is 4.33. The van der Waals surface area contributed by atoms with Gasteiger partial charge in [0.15, 0.2) is 11.5 Å². The predicted molar refractivity (Wildman–Crippen MR) is 68.5 cm³/mol. The van der Waals surface area contributed by atoms with Crippen molar-refractivity contribution in [1.82, 2.24) is 14.4 Å². The molecule has 1 unspecified atom stereocenters. The van der Waals surface area contributed by atoms with Crippen LogP contribution in [-0.4, -0.2) is 46.1 Å². The van der Waals surface area contributed by atoms with E-state index in [-0.39, 0.29) is 6.61 Å². The van der Waals surface area contributed by atoms with Crippen LogP contribution in [0.3, 0.4) is 0 Å². The monoisotopic (exact) mass is 262 g/mol. The zero-order valence-corrected chi connectivity index (χ0v) is 10.2. The highest BCUT2D eigenvalue weighted by Gasteiger charge is 2.30. The van der Waals surface area contributed by atoms with E-state index in [0.717, 1.165) is 0 Å². The Kier molecular flexibility index (Phi) is 2.71. The predicted octanol–water partition coefficient (Wildman–Crippen LogP) is -0.998. The summed E-state index contributed by atoms with van der Waals surface area (Å²) in [4.78, 5) is 21.8. The lowest BCUT2D eigenvalue weighted by atomic mass is 10.2. The van der Waals surface area contributed by atoms with Crippen molar-refractivity contribution >= 4 is 23.2 Å². The molecule has 100 valence electrons. The fraction of sp³-hybridized carbons (Fsp3) is 0.364. The van der Waals surface area contributed by atoms with Crippen molar-refractivity contribution in [3.63, 3.8) is 0 Å². The molecule has 1 aliphatic heterocycles. The molecule has 0 radical (unpaired) electrons. The molecule has 3 heterocycles. The Balaban J connectivity index is 2.11. The number of nitrogen functional groups attached to an aromatic ring is 1. The van der Waals surface area contributed by atoms with Gasteiger partial charge >= 0.3 is 0 Å². The molecule has 19 heavy (non-hydrogen) atoms. The van der Waals surface area contributed by atoms with Gasteiger partial charge in [0.05, 0.1) is 19.4 Å². The molecule has 0 aliphatic carbocycles. The third-order valence-electron chi connectivity index (χ3n) is 3.10. The summed E-state index contributed by atoms with van der Waals surface area (Å²) >= 11 is 0. The van der Waals surface area contributed by atoms with Crippen LogP contribution < -0.4 is 16.4 Å². The molecule has 1 saturated heterocycles. The summed E-state index contributed by atoms with van der Waals surface area (Å²) < 4.78 is 7.06. The Labute approximate surface area is 109 Å². The zero-order chi connectivity index (χ0) is 13.4. The minimum atomic E-state index is -0.552. The highest BCUT2D eigenvalue weighted by molar-refractivity contribution is 5.85. The fourth-order valence-electron chi connectivity index (χ4n) is 2.22. The molecule has 2 aromatic heterocycles. The number of carbonyl (C=O) groups is 1. The first-order valence-electron chi connectivity index (χ1n) is 5.89. The van der Waals surface area contributed by atoms with Crippen LogP contribution in [0, 0.1) is 0 Å². The lowest BCUT2D eigenvalue weighted by molar-refractivity contribution is -0.121. The topological polar surface area (TPSA) is 112 Å². The van der Waals surface area contributed by atoms with Gasteiger partial charge < -0.3 is 25.5 Å². The summed E-state index contributed by atoms with van der Waals surface area (Å²) in [5, 5.41) is 0. The first-order chi connectivity index (χ1) is 9.16. The number of ether oxygens (including phenoxy) is 1. The van der Waals surface area contributed by atoms with Gasteiger partial charge in [-0.2, -0.15) is 0 Å². The van der Waals surface area contributed by atoms with Gasteiger partial charge in [-0.25, -0.2) is 9.97 Å². The highest BCUT2D eigenvalue weighted by Crippen LogP contribution is 2.23. The molecule has 0 spiro atoms. The van der Waals surface area contributed by atoms with E-state index in [1.807, 2.05) is 0 Å². The first-order valence-corrected chi connectivity index (χ1v) is 5.89. The number of aromatic nitrogens is 3. The molecule has 0 saturated carbocycles. The number of fused-ring (bicyclic) bond motifs is 1. The number of carbonyl (C=O) groups excluding carboxylic acids is 1. The van der Waals surface area contributed by atoms with Crippen LogP contribution >= 0.6 is 0 Å². The molecule has 1 fully saturated rings. The number of morpholine rings is 1. The maximum atomic E-state index is 11.5. The largest absolute Gasteiger partial charge is 0.382 e. The standard InChI is InChI=1S/C11H14N6O2/c12-8-5-16-2-1-14-10(16)11(15-8)17-3-4-19-6-7(17)9(13)18/h1-2,5,7H,3-4,6,12H2,(H2,13,18). The van der Waals surface area contributed by atoms with Crippen LogP contribution in [0.1, 0.15) is 0 Å². The molecule has 1 atom stereocenters. The number of amides is 1. The fourth-order valence-corrected chi connectivity index (χ4v) is 2.22. The van der Waals surface area contributed by atoms with E-state index in [9.17, 15) is 4.79 Å². The average molecular weight is 262 g/mol. The number of imidazole rings is 1. The van der Waals surface area contributed by atoms with Crippen LogP contribution in [0.15, 0.2) is 18.6 Å². The Hall–Kier alpha value is -2.35. The van der Waals surface area contributed by atoms with Gasteiger partial charge in [0.1, 0.15) is 11.9 Å². The van der Waals surface area contributed by atoms with Gasteiger partial charge in [0, 0.05) is 18.9 Å². The number of anilines is 2. The zero-order valence-electron chi connectivity index (χ0n) is 10.2. The van der Waals surface area contributed by atoms with E-state index in [1.54, 1.807) is 27.9 Å². The molecule has 1 amide bonds. The van der Waals surface area contributed by atoms with Crippen molar-refractivity contribution in [2.24, 2.45) is 5.73 Å². The molecular formula is C11H14N6O2. The van der Waals surface area contributed by atoms with Crippen LogP contribution in [0.5, 0.6) is 0 Å². The maximum Gasteiger partial charge on any atom is 0.242 e. The lowest BCUT2D eigenvalue weighted by Gasteiger charge is -2.34. The van der Waals surface area contributed by atoms with Crippen molar-refractivity contribution in [3.05, 3.63) is 18.6 Å². The SMILES string of the molecule is NC(=O)C1COCCN1c1nc(N)cn2ccnc12. The lowest BCUT2D eigenvalue weighted by Crippen LogP contribution is -2.53. The van der Waals surface area contributed by atoms with E-state index in [0.29, 0.717) is 30.4 Å². The van der Waals surface area contributed by atoms with Crippen LogP contribution in [0.2, 0.25) is 0 Å². The molecule has 4 N–H and O–H groups in total. The Bertz CT molecular complexity index is 625. The molecule has 0 bridgehead atoms. The van der Waals surface area contributed by atoms with Crippen molar-refractivity contribution in [1.29, 1.82) is 0 Å². The third kappa shape index (κ3) is 1.95. The maximum absolute atomic E-state index is 11.5. The summed E-state index contributed by atoms with van der Waals surface area (Å²) in [6.07, 6.45) is 5.10.